The summed E-state index contributed by atoms with van der Waals surface area (Å²) in [5, 5.41) is 7.57. The monoisotopic (exact) mass is 345 g/mol. The first kappa shape index (κ1) is 15.8. The lowest BCUT2D eigenvalue weighted by Crippen LogP contribution is -2.15. The van der Waals surface area contributed by atoms with Crippen molar-refractivity contribution in [1.82, 2.24) is 19.7 Å². The lowest BCUT2D eigenvalue weighted by atomic mass is 10.1. The third kappa shape index (κ3) is 2.65. The van der Waals surface area contributed by atoms with Gasteiger partial charge in [-0.2, -0.15) is 5.10 Å². The van der Waals surface area contributed by atoms with Gasteiger partial charge >= 0.3 is 0 Å². The quantitative estimate of drug-likeness (QED) is 0.597. The Hall–Kier alpha value is -3.74. The van der Waals surface area contributed by atoms with Gasteiger partial charge in [0, 0.05) is 5.56 Å². The molecule has 4 rings (SSSR count). The fraction of sp³-hybridized carbons (Fsp3) is 0.0526. The summed E-state index contributed by atoms with van der Waals surface area (Å²) in [4.78, 5) is 31.3. The zero-order valence-corrected chi connectivity index (χ0v) is 13.9. The number of aromatic nitrogens is 4. The molecule has 0 radical (unpaired) electrons. The van der Waals surface area contributed by atoms with Crippen LogP contribution < -0.4 is 10.9 Å². The maximum atomic E-state index is 12.7. The molecule has 128 valence electrons. The van der Waals surface area contributed by atoms with Gasteiger partial charge in [0.25, 0.3) is 11.5 Å². The Morgan fingerprint density at radius 2 is 1.88 bits per heavy atom. The number of hydrogen-bond acceptors (Lipinski definition) is 4. The number of rotatable bonds is 3. The molecule has 4 aromatic rings. The molecule has 0 aliphatic heterocycles. The number of aryl methyl sites for hydroxylation is 1. The molecule has 0 atom stereocenters. The van der Waals surface area contributed by atoms with Gasteiger partial charge in [-0.3, -0.25) is 9.59 Å². The number of anilines is 1. The van der Waals surface area contributed by atoms with Crippen LogP contribution in [0.3, 0.4) is 0 Å². The molecule has 7 heteroatoms. The number of amides is 1. The summed E-state index contributed by atoms with van der Waals surface area (Å²) in [6.45, 7) is 1.89. The molecule has 0 aliphatic rings. The van der Waals surface area contributed by atoms with Gasteiger partial charge in [-0.15, -0.1) is 0 Å². The Morgan fingerprint density at radius 1 is 1.12 bits per heavy atom. The lowest BCUT2D eigenvalue weighted by Gasteiger charge is -2.12. The summed E-state index contributed by atoms with van der Waals surface area (Å²) in [7, 11) is 0. The second-order valence-electron chi connectivity index (χ2n) is 5.81. The molecule has 0 saturated heterocycles. The maximum Gasteiger partial charge on any atom is 0.261 e. The number of nitrogens with one attached hydrogen (secondary N) is 2. The highest BCUT2D eigenvalue weighted by Gasteiger charge is 2.15. The van der Waals surface area contributed by atoms with Crippen LogP contribution in [0.2, 0.25) is 0 Å². The third-order valence-corrected chi connectivity index (χ3v) is 4.14. The average Bonchev–Trinajstić information content (AvgIpc) is 3.08. The van der Waals surface area contributed by atoms with Gasteiger partial charge < -0.3 is 10.3 Å². The van der Waals surface area contributed by atoms with Crippen LogP contribution in [0.25, 0.3) is 16.7 Å². The van der Waals surface area contributed by atoms with E-state index in [1.54, 1.807) is 12.1 Å². The number of carbonyl (C=O) groups is 1. The van der Waals surface area contributed by atoms with Gasteiger partial charge in [-0.25, -0.2) is 9.67 Å². The first-order valence-corrected chi connectivity index (χ1v) is 8.03. The number of H-pyrrole nitrogens is 1. The van der Waals surface area contributed by atoms with Crippen molar-refractivity contribution in [2.75, 3.05) is 5.32 Å². The minimum Gasteiger partial charge on any atom is -0.320 e. The largest absolute Gasteiger partial charge is 0.320 e. The molecule has 2 aromatic heterocycles. The smallest absolute Gasteiger partial charge is 0.261 e. The third-order valence-electron chi connectivity index (χ3n) is 4.14. The van der Waals surface area contributed by atoms with Crippen molar-refractivity contribution in [3.05, 3.63) is 82.5 Å². The Bertz CT molecular complexity index is 1180. The second-order valence-corrected chi connectivity index (χ2v) is 5.81. The molecule has 0 saturated carbocycles. The van der Waals surface area contributed by atoms with E-state index in [4.69, 9.17) is 0 Å². The van der Waals surface area contributed by atoms with Gasteiger partial charge in [0.05, 0.1) is 23.9 Å². The van der Waals surface area contributed by atoms with E-state index < -0.39 is 0 Å². The Kier molecular flexibility index (Phi) is 3.81. The molecule has 0 unspecified atom stereocenters. The molecule has 7 nitrogen and oxygen atoms in total. The van der Waals surface area contributed by atoms with E-state index in [0.29, 0.717) is 28.0 Å². The number of nitrogens with zero attached hydrogens (tertiary/aromatic N) is 3. The number of benzene rings is 2. The Balaban J connectivity index is 1.78. The van der Waals surface area contributed by atoms with Gasteiger partial charge in [0.15, 0.2) is 5.65 Å². The van der Waals surface area contributed by atoms with Crippen LogP contribution in [0.1, 0.15) is 15.9 Å². The van der Waals surface area contributed by atoms with Gasteiger partial charge in [-0.05, 0) is 30.7 Å². The molecule has 1 amide bonds. The topological polar surface area (TPSA) is 92.7 Å². The number of hydrogen-bond donors (Lipinski definition) is 2. The summed E-state index contributed by atoms with van der Waals surface area (Å²) in [5.41, 5.74) is 2.85. The van der Waals surface area contributed by atoms with Crippen LogP contribution in [0.4, 0.5) is 5.69 Å². The van der Waals surface area contributed by atoms with Crippen molar-refractivity contribution in [3.8, 4) is 5.69 Å². The Labute approximate surface area is 148 Å². The van der Waals surface area contributed by atoms with Crippen molar-refractivity contribution in [1.29, 1.82) is 0 Å². The zero-order chi connectivity index (χ0) is 18.1. The predicted molar refractivity (Wildman–Crippen MR) is 98.6 cm³/mol. The van der Waals surface area contributed by atoms with E-state index >= 15 is 0 Å². The normalized spacial score (nSPS) is 10.8. The molecule has 0 bridgehead atoms. The van der Waals surface area contributed by atoms with Crippen molar-refractivity contribution >= 4 is 22.6 Å². The molecular formula is C19H15N5O2. The van der Waals surface area contributed by atoms with Gasteiger partial charge in [0.2, 0.25) is 0 Å². The van der Waals surface area contributed by atoms with E-state index in [1.165, 1.54) is 17.2 Å². The molecule has 0 aliphatic carbocycles. The van der Waals surface area contributed by atoms with E-state index in [2.05, 4.69) is 20.4 Å². The fourth-order valence-corrected chi connectivity index (χ4v) is 2.81. The predicted octanol–water partition coefficient (Wildman–Crippen LogP) is 2.67. The SMILES string of the molecule is Cc1ccccc1C(=O)Nc1ccccc1-n1ncc2c(=O)[nH]cnc21. The van der Waals surface area contributed by atoms with Crippen molar-refractivity contribution in [2.24, 2.45) is 0 Å². The van der Waals surface area contributed by atoms with E-state index in [1.807, 2.05) is 43.3 Å². The average molecular weight is 345 g/mol. The maximum absolute atomic E-state index is 12.7. The minimum atomic E-state index is -0.261. The lowest BCUT2D eigenvalue weighted by molar-refractivity contribution is 0.102. The highest BCUT2D eigenvalue weighted by Crippen LogP contribution is 2.23. The fourth-order valence-electron chi connectivity index (χ4n) is 2.81. The summed E-state index contributed by atoms with van der Waals surface area (Å²) in [6.07, 6.45) is 2.79. The molecule has 2 aromatic carbocycles. The molecular weight excluding hydrogens is 330 g/mol. The highest BCUT2D eigenvalue weighted by atomic mass is 16.1. The zero-order valence-electron chi connectivity index (χ0n) is 13.9. The highest BCUT2D eigenvalue weighted by molar-refractivity contribution is 6.06. The van der Waals surface area contributed by atoms with Gasteiger partial charge in [-0.1, -0.05) is 30.3 Å². The van der Waals surface area contributed by atoms with Crippen molar-refractivity contribution in [3.63, 3.8) is 0 Å². The second kappa shape index (κ2) is 6.29. The van der Waals surface area contributed by atoms with Gasteiger partial charge in [0.1, 0.15) is 5.39 Å². The standard InChI is InChI=1S/C19H15N5O2/c1-12-6-2-3-7-13(12)19(26)23-15-8-4-5-9-16(15)24-17-14(10-22-24)18(25)21-11-20-17/h2-11H,1H3,(H,23,26)(H,20,21,25). The number of aromatic amines is 1. The minimum absolute atomic E-state index is 0.210. The molecule has 0 fully saturated rings. The van der Waals surface area contributed by atoms with Crippen molar-refractivity contribution in [2.45, 2.75) is 6.92 Å². The van der Waals surface area contributed by atoms with Crippen LogP contribution >= 0.6 is 0 Å². The van der Waals surface area contributed by atoms with E-state index in [9.17, 15) is 9.59 Å². The van der Waals surface area contributed by atoms with Crippen LogP contribution in [-0.4, -0.2) is 25.7 Å². The molecule has 0 spiro atoms. The molecule has 2 heterocycles. The summed E-state index contributed by atoms with van der Waals surface area (Å²) in [5.74, 6) is -0.210. The van der Waals surface area contributed by atoms with Crippen LogP contribution in [-0.2, 0) is 0 Å². The number of carbonyl (C=O) groups excluding carboxylic acids is 1. The van der Waals surface area contributed by atoms with Crippen molar-refractivity contribution < 1.29 is 4.79 Å². The first-order valence-electron chi connectivity index (χ1n) is 8.03. The van der Waals surface area contributed by atoms with E-state index in [-0.39, 0.29) is 11.5 Å². The molecule has 26 heavy (non-hydrogen) atoms. The van der Waals surface area contributed by atoms with Crippen LogP contribution in [0.15, 0.2) is 65.8 Å². The van der Waals surface area contributed by atoms with Crippen LogP contribution in [0, 0.1) is 6.92 Å². The summed E-state index contributed by atoms with van der Waals surface area (Å²) < 4.78 is 1.54. The summed E-state index contributed by atoms with van der Waals surface area (Å²) >= 11 is 0. The summed E-state index contributed by atoms with van der Waals surface area (Å²) in [6, 6.07) is 14.6. The Morgan fingerprint density at radius 3 is 2.73 bits per heavy atom. The van der Waals surface area contributed by atoms with Crippen LogP contribution in [0.5, 0.6) is 0 Å². The number of para-hydroxylation sites is 2. The first-order chi connectivity index (χ1) is 12.6. The van der Waals surface area contributed by atoms with E-state index in [0.717, 1.165) is 5.56 Å². The number of fused-ring (bicyclic) bond motifs is 1. The molecule has 2 N–H and O–H groups in total.